The third-order valence-electron chi connectivity index (χ3n) is 3.97. The Balaban J connectivity index is 1.70. The van der Waals surface area contributed by atoms with Crippen molar-refractivity contribution in [3.63, 3.8) is 0 Å². The van der Waals surface area contributed by atoms with E-state index >= 15 is 0 Å². The Morgan fingerprint density at radius 1 is 1.19 bits per heavy atom. The molecule has 0 spiro atoms. The molecule has 3 aromatic rings. The predicted molar refractivity (Wildman–Crippen MR) is 96.9 cm³/mol. The molecule has 0 aliphatic carbocycles. The topological polar surface area (TPSA) is 51.6 Å². The molecule has 2 N–H and O–H groups in total. The van der Waals surface area contributed by atoms with E-state index in [9.17, 15) is 18.0 Å². The van der Waals surface area contributed by atoms with Gasteiger partial charge in [-0.15, -0.1) is 0 Å². The van der Waals surface area contributed by atoms with Gasteiger partial charge in [0.1, 0.15) is 0 Å². The van der Waals surface area contributed by atoms with Crippen molar-refractivity contribution in [1.82, 2.24) is 4.57 Å². The number of carbonyl (C=O) groups excluding carboxylic acids is 1. The molecule has 0 fully saturated rings. The minimum absolute atomic E-state index is 0.0343. The van der Waals surface area contributed by atoms with Crippen LogP contribution in [0, 0.1) is 4.84 Å². The van der Waals surface area contributed by atoms with Crippen LogP contribution in [0.1, 0.15) is 5.56 Å². The molecular weight excluding hydrogens is 379 g/mol. The summed E-state index contributed by atoms with van der Waals surface area (Å²) in [6, 6.07) is 12.2. The lowest BCUT2D eigenvalue weighted by Gasteiger charge is -2.16. The van der Waals surface area contributed by atoms with Gasteiger partial charge in [0.15, 0.2) is 18.8 Å². The standard InChI is InChI=1S/C18H16F3N3O2S/c1-23(11-24-14-8-4-5-9-15(14)26-17(24)27)10-16(25)22-13-7-3-2-6-12(13)18(19,20)21/h2-9H,10-11H2,1H3,(H,22,25)/p+1. The van der Waals surface area contributed by atoms with Crippen molar-refractivity contribution >= 4 is 34.9 Å². The second-order valence-corrected chi connectivity index (χ2v) is 6.50. The smallest absolute Gasteiger partial charge is 0.418 e. The number of anilines is 1. The lowest BCUT2D eigenvalue weighted by molar-refractivity contribution is -0.894. The van der Waals surface area contributed by atoms with Gasteiger partial charge >= 0.3 is 6.18 Å². The molecule has 3 rings (SSSR count). The largest absolute Gasteiger partial charge is 0.429 e. The second-order valence-electron chi connectivity index (χ2n) is 6.15. The number of oxazole rings is 1. The summed E-state index contributed by atoms with van der Waals surface area (Å²) >= 11 is 5.21. The molecule has 1 unspecified atom stereocenters. The van der Waals surface area contributed by atoms with Crippen LogP contribution in [0.2, 0.25) is 0 Å². The number of likely N-dealkylation sites (N-methyl/N-ethyl adjacent to an activating group) is 1. The van der Waals surface area contributed by atoms with E-state index in [-0.39, 0.29) is 17.1 Å². The molecule has 0 saturated carbocycles. The number of quaternary nitrogens is 1. The number of hydrogen-bond donors (Lipinski definition) is 2. The SMILES string of the molecule is C[NH+](CC(=O)Nc1ccccc1C(F)(F)F)Cn1c(=S)oc2ccccc21. The van der Waals surface area contributed by atoms with Crippen LogP contribution in [0.3, 0.4) is 0 Å². The maximum Gasteiger partial charge on any atom is 0.418 e. The molecule has 0 radical (unpaired) electrons. The molecule has 2 aromatic carbocycles. The highest BCUT2D eigenvalue weighted by atomic mass is 32.1. The first-order valence-corrected chi connectivity index (χ1v) is 8.52. The van der Waals surface area contributed by atoms with Crippen molar-refractivity contribution in [2.24, 2.45) is 0 Å². The fourth-order valence-electron chi connectivity index (χ4n) is 2.80. The van der Waals surface area contributed by atoms with Crippen molar-refractivity contribution < 1.29 is 27.3 Å². The minimum atomic E-state index is -4.54. The van der Waals surface area contributed by atoms with Crippen LogP contribution in [0.15, 0.2) is 52.9 Å². The molecule has 27 heavy (non-hydrogen) atoms. The van der Waals surface area contributed by atoms with Crippen LogP contribution in [0.4, 0.5) is 18.9 Å². The summed E-state index contributed by atoms with van der Waals surface area (Å²) in [5.41, 5.74) is 0.302. The number of hydrogen-bond acceptors (Lipinski definition) is 3. The Labute approximate surface area is 158 Å². The molecule has 1 atom stereocenters. The molecule has 0 bridgehead atoms. The number of rotatable bonds is 5. The lowest BCUT2D eigenvalue weighted by Crippen LogP contribution is -3.09. The van der Waals surface area contributed by atoms with Crippen LogP contribution >= 0.6 is 12.2 Å². The first kappa shape index (κ1) is 19.1. The number of nitrogens with one attached hydrogen (secondary N) is 2. The van der Waals surface area contributed by atoms with Crippen molar-refractivity contribution in [3.05, 3.63) is 58.9 Å². The summed E-state index contributed by atoms with van der Waals surface area (Å²) in [7, 11) is 1.75. The molecule has 0 aliphatic rings. The molecule has 142 valence electrons. The number of para-hydroxylation sites is 3. The number of aromatic nitrogens is 1. The Morgan fingerprint density at radius 3 is 2.59 bits per heavy atom. The quantitative estimate of drug-likeness (QED) is 0.652. The maximum absolute atomic E-state index is 13.0. The zero-order valence-corrected chi connectivity index (χ0v) is 15.2. The van der Waals surface area contributed by atoms with Crippen LogP contribution < -0.4 is 10.2 Å². The van der Waals surface area contributed by atoms with Gasteiger partial charge in [0.2, 0.25) is 0 Å². The van der Waals surface area contributed by atoms with Gasteiger partial charge in [0.05, 0.1) is 23.8 Å². The van der Waals surface area contributed by atoms with E-state index in [1.54, 1.807) is 17.7 Å². The summed E-state index contributed by atoms with van der Waals surface area (Å²) in [5.74, 6) is -0.525. The first-order valence-electron chi connectivity index (χ1n) is 8.11. The van der Waals surface area contributed by atoms with Gasteiger partial charge in [-0.1, -0.05) is 24.3 Å². The lowest BCUT2D eigenvalue weighted by atomic mass is 10.1. The number of alkyl halides is 3. The van der Waals surface area contributed by atoms with Crippen LogP contribution in [0.25, 0.3) is 11.1 Å². The highest BCUT2D eigenvalue weighted by Gasteiger charge is 2.33. The van der Waals surface area contributed by atoms with E-state index in [4.69, 9.17) is 16.6 Å². The number of carbonyl (C=O) groups is 1. The van der Waals surface area contributed by atoms with Gasteiger partial charge in [-0.05, 0) is 36.5 Å². The van der Waals surface area contributed by atoms with E-state index in [1.165, 1.54) is 18.2 Å². The molecule has 5 nitrogen and oxygen atoms in total. The summed E-state index contributed by atoms with van der Waals surface area (Å²) in [6.45, 7) is 0.303. The van der Waals surface area contributed by atoms with E-state index in [1.807, 2.05) is 18.2 Å². The van der Waals surface area contributed by atoms with E-state index in [0.717, 1.165) is 16.5 Å². The molecule has 1 amide bonds. The average molecular weight is 396 g/mol. The molecule has 9 heteroatoms. The molecular formula is C18H17F3N3O2S+. The predicted octanol–water partition coefficient (Wildman–Crippen LogP) is 3.09. The Bertz CT molecular complexity index is 1030. The number of fused-ring (bicyclic) bond motifs is 1. The minimum Gasteiger partial charge on any atom is -0.429 e. The van der Waals surface area contributed by atoms with Gasteiger partial charge in [-0.3, -0.25) is 9.36 Å². The summed E-state index contributed by atoms with van der Waals surface area (Å²) in [6.07, 6.45) is -4.54. The highest BCUT2D eigenvalue weighted by molar-refractivity contribution is 7.71. The Morgan fingerprint density at radius 2 is 1.85 bits per heavy atom. The zero-order chi connectivity index (χ0) is 19.6. The number of halogens is 3. The van der Waals surface area contributed by atoms with Crippen molar-refractivity contribution in [3.8, 4) is 0 Å². The van der Waals surface area contributed by atoms with Crippen molar-refractivity contribution in [1.29, 1.82) is 0 Å². The maximum atomic E-state index is 13.0. The van der Waals surface area contributed by atoms with Gasteiger partial charge in [-0.2, -0.15) is 13.2 Å². The average Bonchev–Trinajstić information content (AvgIpc) is 2.90. The highest BCUT2D eigenvalue weighted by Crippen LogP contribution is 2.34. The van der Waals surface area contributed by atoms with Crippen LogP contribution in [0.5, 0.6) is 0 Å². The fourth-order valence-corrected chi connectivity index (χ4v) is 3.05. The number of benzene rings is 2. The van der Waals surface area contributed by atoms with Crippen LogP contribution in [-0.4, -0.2) is 24.1 Å². The van der Waals surface area contributed by atoms with Gasteiger partial charge < -0.3 is 14.6 Å². The second kappa shape index (κ2) is 7.53. The van der Waals surface area contributed by atoms with Gasteiger partial charge in [0, 0.05) is 0 Å². The third kappa shape index (κ3) is 4.37. The van der Waals surface area contributed by atoms with Crippen molar-refractivity contribution in [2.45, 2.75) is 12.8 Å². The number of amides is 1. The number of nitrogens with zero attached hydrogens (tertiary/aromatic N) is 1. The summed E-state index contributed by atoms with van der Waals surface area (Å²) in [4.78, 5) is 13.2. The summed E-state index contributed by atoms with van der Waals surface area (Å²) < 4.78 is 46.3. The zero-order valence-electron chi connectivity index (χ0n) is 14.3. The van der Waals surface area contributed by atoms with E-state index in [2.05, 4.69) is 5.32 Å². The van der Waals surface area contributed by atoms with Gasteiger partial charge in [0.25, 0.3) is 10.7 Å². The molecule has 1 aromatic heterocycles. The summed E-state index contributed by atoms with van der Waals surface area (Å²) in [5, 5.41) is 2.34. The monoisotopic (exact) mass is 396 g/mol. The van der Waals surface area contributed by atoms with E-state index in [0.29, 0.717) is 12.3 Å². The molecule has 1 heterocycles. The Kier molecular flexibility index (Phi) is 5.33. The normalized spacial score (nSPS) is 12.9. The third-order valence-corrected chi connectivity index (χ3v) is 4.27. The fraction of sp³-hybridized carbons (Fsp3) is 0.222. The van der Waals surface area contributed by atoms with E-state index < -0.39 is 17.6 Å². The van der Waals surface area contributed by atoms with Gasteiger partial charge in [-0.25, -0.2) is 0 Å². The molecule has 0 aliphatic heterocycles. The Hall–Kier alpha value is -2.65. The van der Waals surface area contributed by atoms with Crippen LogP contribution in [-0.2, 0) is 17.6 Å². The van der Waals surface area contributed by atoms with Crippen molar-refractivity contribution in [2.75, 3.05) is 18.9 Å². The first-order chi connectivity index (χ1) is 12.8. The molecule has 0 saturated heterocycles.